The number of nitrogens with one attached hydrogen (secondary N) is 2. The van der Waals surface area contributed by atoms with E-state index >= 15 is 0 Å². The smallest absolute Gasteiger partial charge is 0.321 e. The van der Waals surface area contributed by atoms with Gasteiger partial charge in [0.2, 0.25) is 5.91 Å². The van der Waals surface area contributed by atoms with Crippen LogP contribution in [0.25, 0.3) is 0 Å². The van der Waals surface area contributed by atoms with Crippen LogP contribution in [-0.2, 0) is 4.79 Å². The summed E-state index contributed by atoms with van der Waals surface area (Å²) in [7, 11) is 0. The third kappa shape index (κ3) is 10.5. The monoisotopic (exact) mass is 280 g/mol. The zero-order valence-corrected chi connectivity index (χ0v) is 12.0. The number of halogens is 1. The number of rotatable bonds is 8. The SMILES string of the molecule is CSCCCCCCNC(=O)NC(=O)C(C)Cl. The molecule has 17 heavy (non-hydrogen) atoms. The van der Waals surface area contributed by atoms with Crippen LogP contribution in [0, 0.1) is 0 Å². The molecule has 0 bridgehead atoms. The molecule has 0 radical (unpaired) electrons. The first-order valence-corrected chi connectivity index (χ1v) is 7.62. The van der Waals surface area contributed by atoms with Crippen LogP contribution in [0.5, 0.6) is 0 Å². The predicted octanol–water partition coefficient (Wildman–Crippen LogP) is 2.36. The summed E-state index contributed by atoms with van der Waals surface area (Å²) in [5.41, 5.74) is 0. The van der Waals surface area contributed by atoms with Crippen molar-refractivity contribution in [3.63, 3.8) is 0 Å². The molecule has 100 valence electrons. The maximum Gasteiger partial charge on any atom is 0.321 e. The van der Waals surface area contributed by atoms with Gasteiger partial charge in [-0.3, -0.25) is 10.1 Å². The number of hydrogen-bond donors (Lipinski definition) is 2. The van der Waals surface area contributed by atoms with Crippen LogP contribution in [0.4, 0.5) is 4.79 Å². The summed E-state index contributed by atoms with van der Waals surface area (Å²) in [6.45, 7) is 2.12. The van der Waals surface area contributed by atoms with Crippen molar-refractivity contribution >= 4 is 35.3 Å². The summed E-state index contributed by atoms with van der Waals surface area (Å²) in [6, 6.07) is -0.466. The Bertz CT molecular complexity index is 238. The molecular formula is C11H21ClN2O2S. The van der Waals surface area contributed by atoms with Gasteiger partial charge >= 0.3 is 6.03 Å². The molecule has 0 fully saturated rings. The second kappa shape index (κ2) is 10.7. The Morgan fingerprint density at radius 2 is 1.88 bits per heavy atom. The molecule has 3 amide bonds. The maximum absolute atomic E-state index is 11.2. The Morgan fingerprint density at radius 1 is 1.24 bits per heavy atom. The minimum Gasteiger partial charge on any atom is -0.338 e. The van der Waals surface area contributed by atoms with Crippen molar-refractivity contribution in [2.24, 2.45) is 0 Å². The fourth-order valence-corrected chi connectivity index (χ4v) is 1.73. The van der Waals surface area contributed by atoms with Crippen molar-refractivity contribution in [2.75, 3.05) is 18.6 Å². The lowest BCUT2D eigenvalue weighted by Crippen LogP contribution is -2.42. The number of unbranched alkanes of at least 4 members (excludes halogenated alkanes) is 3. The normalized spacial score (nSPS) is 11.9. The van der Waals surface area contributed by atoms with E-state index in [1.54, 1.807) is 0 Å². The molecule has 0 aliphatic heterocycles. The van der Waals surface area contributed by atoms with E-state index in [-0.39, 0.29) is 0 Å². The van der Waals surface area contributed by atoms with Crippen LogP contribution in [-0.4, -0.2) is 35.9 Å². The molecule has 0 aliphatic carbocycles. The molecule has 0 aromatic heterocycles. The number of imide groups is 1. The summed E-state index contributed by atoms with van der Waals surface area (Å²) >= 11 is 7.36. The van der Waals surface area contributed by atoms with Gasteiger partial charge in [0.25, 0.3) is 0 Å². The molecule has 0 heterocycles. The van der Waals surface area contributed by atoms with Crippen molar-refractivity contribution in [1.29, 1.82) is 0 Å². The van der Waals surface area contributed by atoms with Gasteiger partial charge in [0, 0.05) is 6.54 Å². The highest BCUT2D eigenvalue weighted by molar-refractivity contribution is 7.98. The van der Waals surface area contributed by atoms with Crippen molar-refractivity contribution < 1.29 is 9.59 Å². The third-order valence-electron chi connectivity index (χ3n) is 2.16. The summed E-state index contributed by atoms with van der Waals surface area (Å²) in [5.74, 6) is 0.722. The molecule has 1 unspecified atom stereocenters. The van der Waals surface area contributed by atoms with Gasteiger partial charge in [-0.25, -0.2) is 4.79 Å². The quantitative estimate of drug-likeness (QED) is 0.530. The number of carbonyl (C=O) groups is 2. The van der Waals surface area contributed by atoms with Crippen molar-refractivity contribution in [3.05, 3.63) is 0 Å². The van der Waals surface area contributed by atoms with Gasteiger partial charge < -0.3 is 5.32 Å². The largest absolute Gasteiger partial charge is 0.338 e. The summed E-state index contributed by atoms with van der Waals surface area (Å²) in [5, 5.41) is 4.10. The second-order valence-electron chi connectivity index (χ2n) is 3.77. The Hall–Kier alpha value is -0.420. The first kappa shape index (κ1) is 16.6. The van der Waals surface area contributed by atoms with Crippen LogP contribution in [0.15, 0.2) is 0 Å². The van der Waals surface area contributed by atoms with E-state index in [2.05, 4.69) is 16.9 Å². The van der Waals surface area contributed by atoms with E-state index in [0.717, 1.165) is 12.8 Å². The van der Waals surface area contributed by atoms with E-state index in [9.17, 15) is 9.59 Å². The van der Waals surface area contributed by atoms with E-state index < -0.39 is 17.3 Å². The summed E-state index contributed by atoms with van der Waals surface area (Å²) in [4.78, 5) is 22.2. The third-order valence-corrected chi connectivity index (χ3v) is 3.05. The highest BCUT2D eigenvalue weighted by Gasteiger charge is 2.11. The molecule has 0 rings (SSSR count). The van der Waals surface area contributed by atoms with Crippen molar-refractivity contribution in [3.8, 4) is 0 Å². The molecular weight excluding hydrogens is 260 g/mol. The van der Waals surface area contributed by atoms with Gasteiger partial charge in [-0.2, -0.15) is 11.8 Å². The van der Waals surface area contributed by atoms with Crippen LogP contribution in [0.3, 0.4) is 0 Å². The van der Waals surface area contributed by atoms with Crippen LogP contribution >= 0.6 is 23.4 Å². The van der Waals surface area contributed by atoms with Crippen LogP contribution in [0.1, 0.15) is 32.6 Å². The molecule has 1 atom stereocenters. The molecule has 4 nitrogen and oxygen atoms in total. The molecule has 6 heteroatoms. The van der Waals surface area contributed by atoms with Gasteiger partial charge in [0.15, 0.2) is 0 Å². The Balaban J connectivity index is 3.36. The standard InChI is InChI=1S/C11H21ClN2O2S/c1-9(12)10(15)14-11(16)13-7-5-3-4-6-8-17-2/h9H,3-8H2,1-2H3,(H2,13,14,15,16). The van der Waals surface area contributed by atoms with Gasteiger partial charge in [0.05, 0.1) is 0 Å². The van der Waals surface area contributed by atoms with Crippen molar-refractivity contribution in [1.82, 2.24) is 10.6 Å². The molecule has 0 aliphatic rings. The number of thioether (sulfide) groups is 1. The van der Waals surface area contributed by atoms with Crippen molar-refractivity contribution in [2.45, 2.75) is 38.0 Å². The fraction of sp³-hybridized carbons (Fsp3) is 0.818. The van der Waals surface area contributed by atoms with E-state index in [0.29, 0.717) is 6.54 Å². The first-order chi connectivity index (χ1) is 8.07. The zero-order chi connectivity index (χ0) is 13.1. The number of amides is 3. The Labute approximate surface area is 112 Å². The summed E-state index contributed by atoms with van der Waals surface area (Å²) < 4.78 is 0. The van der Waals surface area contributed by atoms with E-state index in [1.807, 2.05) is 11.8 Å². The zero-order valence-electron chi connectivity index (χ0n) is 10.4. The minimum atomic E-state index is -0.688. The van der Waals surface area contributed by atoms with Crippen LogP contribution in [0.2, 0.25) is 0 Å². The Kier molecular flexibility index (Phi) is 10.5. The first-order valence-electron chi connectivity index (χ1n) is 5.79. The molecule has 0 spiro atoms. The minimum absolute atomic E-state index is 0.466. The number of alkyl halides is 1. The highest BCUT2D eigenvalue weighted by Crippen LogP contribution is 2.03. The number of hydrogen-bond acceptors (Lipinski definition) is 3. The van der Waals surface area contributed by atoms with Gasteiger partial charge in [-0.05, 0) is 31.8 Å². The lowest BCUT2D eigenvalue weighted by Gasteiger charge is -2.07. The predicted molar refractivity (Wildman–Crippen MR) is 73.7 cm³/mol. The average molecular weight is 281 g/mol. The molecule has 0 saturated carbocycles. The molecule has 0 aromatic carbocycles. The van der Waals surface area contributed by atoms with E-state index in [4.69, 9.17) is 11.6 Å². The van der Waals surface area contributed by atoms with Crippen LogP contribution < -0.4 is 10.6 Å². The van der Waals surface area contributed by atoms with E-state index in [1.165, 1.54) is 25.5 Å². The average Bonchev–Trinajstić information content (AvgIpc) is 2.27. The van der Waals surface area contributed by atoms with Gasteiger partial charge in [-0.15, -0.1) is 11.6 Å². The van der Waals surface area contributed by atoms with Gasteiger partial charge in [-0.1, -0.05) is 12.8 Å². The number of urea groups is 1. The van der Waals surface area contributed by atoms with Gasteiger partial charge in [0.1, 0.15) is 5.38 Å². The molecule has 0 aromatic rings. The Morgan fingerprint density at radius 3 is 2.47 bits per heavy atom. The topological polar surface area (TPSA) is 58.2 Å². The summed E-state index contributed by atoms with van der Waals surface area (Å²) in [6.07, 6.45) is 6.53. The number of carbonyl (C=O) groups excluding carboxylic acids is 2. The highest BCUT2D eigenvalue weighted by atomic mass is 35.5. The fourth-order valence-electron chi connectivity index (χ4n) is 1.18. The molecule has 0 saturated heterocycles. The lowest BCUT2D eigenvalue weighted by atomic mass is 10.2. The maximum atomic E-state index is 11.2. The second-order valence-corrected chi connectivity index (χ2v) is 5.41. The molecule has 2 N–H and O–H groups in total. The lowest BCUT2D eigenvalue weighted by molar-refractivity contribution is -0.119.